The van der Waals surface area contributed by atoms with Gasteiger partial charge in [-0.3, -0.25) is 52.8 Å². The summed E-state index contributed by atoms with van der Waals surface area (Å²) >= 11 is 0. The maximum Gasteiger partial charge on any atom is 0.329 e. The van der Waals surface area contributed by atoms with Crippen molar-refractivity contribution in [3.8, 4) is 5.75 Å². The number of aldehydes is 1. The maximum atomic E-state index is 15.6. The molecule has 0 saturated carbocycles. The first-order chi connectivity index (χ1) is 42.9. The second kappa shape index (κ2) is 35.7. The van der Waals surface area contributed by atoms with Crippen molar-refractivity contribution in [3.05, 3.63) is 29.8 Å². The van der Waals surface area contributed by atoms with E-state index in [1.54, 1.807) is 112 Å². The number of nitrogens with one attached hydrogen (secondary N) is 3. The first-order valence-corrected chi connectivity index (χ1v) is 32.6. The Bertz CT molecular complexity index is 2720. The summed E-state index contributed by atoms with van der Waals surface area (Å²) in [7, 11) is 10.2. The smallest absolute Gasteiger partial charge is 0.329 e. The van der Waals surface area contributed by atoms with Crippen LogP contribution in [0.4, 0.5) is 0 Å². The van der Waals surface area contributed by atoms with E-state index in [9.17, 15) is 43.2 Å². The van der Waals surface area contributed by atoms with Gasteiger partial charge in [-0.1, -0.05) is 94.2 Å². The predicted molar refractivity (Wildman–Crippen MR) is 347 cm³/mol. The largest absolute Gasteiger partial charge is 0.497 e. The summed E-state index contributed by atoms with van der Waals surface area (Å²) in [6.07, 6.45) is 1.50. The highest BCUT2D eigenvalue weighted by molar-refractivity contribution is 5.99. The Hall–Kier alpha value is -7.18. The first kappa shape index (κ1) is 79.1. The van der Waals surface area contributed by atoms with Gasteiger partial charge in [0.05, 0.1) is 19.7 Å². The summed E-state index contributed by atoms with van der Waals surface area (Å²) in [5.41, 5.74) is -0.155. The Kier molecular flexibility index (Phi) is 30.7. The third-order valence-corrected chi connectivity index (χ3v) is 17.9. The van der Waals surface area contributed by atoms with E-state index in [4.69, 9.17) is 14.2 Å². The van der Waals surface area contributed by atoms with Gasteiger partial charge in [0.15, 0.2) is 6.10 Å². The molecule has 92 heavy (non-hydrogen) atoms. The molecule has 25 nitrogen and oxygen atoms in total. The number of cyclic esters (lactones) is 1. The highest BCUT2D eigenvalue weighted by Gasteiger charge is 2.46. The standard InChI is InChI=1S/C67H110N10O15/c1-22-42(9)56-58(81)68-36-51(79)73(17)54(40(5)6)59(82)69-48(35-45-30-32-47(90-21)33-31-45)66(89)91-44(11)61(84)77-34-25-24-28-49(77)62(85)74(18)55(41(7)8)60(83)70-53(39(3)4)64(87)72(16)50(63(86)76(20)57(43(10)23-2)65(88)75(56)19)37-71(15)46(38-78)27-26-29-52(80)92-67(12,13)14/h30-33,38-44,46,48-50,53-57H,22-29,34-37H2,1-21H3,(H,68,81)(H,69,82)(H,70,83)/t42-,43-,44+,46?,48-,49-,50+,53-,54-,55-,56-,57-/m0/s1. The van der Waals surface area contributed by atoms with E-state index in [-0.39, 0.29) is 45.2 Å². The minimum absolute atomic E-state index is 0.000332. The Balaban J connectivity index is 2.32. The minimum Gasteiger partial charge on any atom is -0.497 e. The molecule has 518 valence electrons. The van der Waals surface area contributed by atoms with Crippen molar-refractivity contribution in [2.75, 3.05) is 69.0 Å². The van der Waals surface area contributed by atoms with Gasteiger partial charge in [-0.2, -0.15) is 0 Å². The van der Waals surface area contributed by atoms with Crippen LogP contribution in [0.5, 0.6) is 5.75 Å². The number of carbonyl (C=O) groups is 12. The normalized spacial score (nSPS) is 25.3. The molecule has 1 aromatic carbocycles. The number of amides is 9. The number of hydrogen-bond acceptors (Lipinski definition) is 16. The fourth-order valence-corrected chi connectivity index (χ4v) is 12.1. The van der Waals surface area contributed by atoms with Gasteiger partial charge in [0.2, 0.25) is 47.3 Å². The maximum absolute atomic E-state index is 15.6. The minimum atomic E-state index is -1.48. The molecular weight excluding hydrogens is 1180 g/mol. The number of nitrogens with zero attached hydrogens (tertiary/aromatic N) is 7. The molecule has 2 fully saturated rings. The van der Waals surface area contributed by atoms with Crippen LogP contribution in [-0.4, -0.2) is 241 Å². The fourth-order valence-electron chi connectivity index (χ4n) is 12.1. The van der Waals surface area contributed by atoms with Crippen LogP contribution >= 0.6 is 0 Å². The van der Waals surface area contributed by atoms with Crippen LogP contribution in [0.3, 0.4) is 0 Å². The monoisotopic (exact) mass is 1290 g/mol. The van der Waals surface area contributed by atoms with E-state index >= 15 is 14.4 Å². The number of ether oxygens (including phenoxy) is 3. The van der Waals surface area contributed by atoms with Crippen molar-refractivity contribution in [1.82, 2.24) is 50.2 Å². The van der Waals surface area contributed by atoms with Gasteiger partial charge >= 0.3 is 11.9 Å². The van der Waals surface area contributed by atoms with Gasteiger partial charge in [-0.25, -0.2) is 4.79 Å². The van der Waals surface area contributed by atoms with Crippen molar-refractivity contribution >= 4 is 71.4 Å². The van der Waals surface area contributed by atoms with Crippen LogP contribution in [0, 0.1) is 29.6 Å². The topological polar surface area (TPSA) is 291 Å². The number of carbonyl (C=O) groups excluding carboxylic acids is 12. The predicted octanol–water partition coefficient (Wildman–Crippen LogP) is 3.86. The van der Waals surface area contributed by atoms with Gasteiger partial charge in [0, 0.05) is 61.2 Å². The lowest BCUT2D eigenvalue weighted by Crippen LogP contribution is -2.64. The van der Waals surface area contributed by atoms with E-state index in [2.05, 4.69) is 16.0 Å². The zero-order valence-electron chi connectivity index (χ0n) is 58.8. The molecule has 2 heterocycles. The third kappa shape index (κ3) is 21.2. The van der Waals surface area contributed by atoms with Crippen molar-refractivity contribution in [2.24, 2.45) is 29.6 Å². The number of hydrogen-bond donors (Lipinski definition) is 3. The zero-order valence-corrected chi connectivity index (χ0v) is 58.8. The number of benzene rings is 1. The first-order valence-electron chi connectivity index (χ1n) is 32.6. The third-order valence-electron chi connectivity index (χ3n) is 17.9. The van der Waals surface area contributed by atoms with Crippen LogP contribution in [0.2, 0.25) is 0 Å². The summed E-state index contributed by atoms with van der Waals surface area (Å²) in [4.78, 5) is 183. The molecule has 3 rings (SSSR count). The molecule has 12 atom stereocenters. The molecule has 2 aliphatic heterocycles. The highest BCUT2D eigenvalue weighted by atomic mass is 16.6. The van der Waals surface area contributed by atoms with Crippen molar-refractivity contribution in [3.63, 3.8) is 0 Å². The quantitative estimate of drug-likeness (QED) is 0.139. The van der Waals surface area contributed by atoms with Crippen molar-refractivity contribution in [1.29, 1.82) is 0 Å². The molecule has 9 amide bonds. The average Bonchev–Trinajstić information content (AvgIpc) is 0.895. The van der Waals surface area contributed by atoms with E-state index < -0.39 is 167 Å². The summed E-state index contributed by atoms with van der Waals surface area (Å²) in [5.74, 6) is -9.95. The van der Waals surface area contributed by atoms with Gasteiger partial charge in [0.25, 0.3) is 5.91 Å². The SMILES string of the molecule is CC[C@H](C)[C@H]1C(=O)N(C)[C@@H]([C@@H](C)CC)C(=O)NCC(=O)N(C)[C@@H](C(C)C)C(=O)N[C@@H](Cc2ccc(OC)cc2)C(=O)O[C@H](C)C(=O)N2CCCC[C@H]2C(=O)N(C)[C@@H](C(C)C)C(=O)N[C@@H](C(C)C)C(=O)N(C)[C@H](CN(C)C(C=O)CCCC(=O)OC(C)(C)C)C(=O)N1C. The Morgan fingerprint density at radius 1 is 0.685 bits per heavy atom. The summed E-state index contributed by atoms with van der Waals surface area (Å²) in [6, 6.07) is -4.32. The number of fused-ring (bicyclic) bond motifs is 1. The van der Waals surface area contributed by atoms with Crippen LogP contribution < -0.4 is 20.7 Å². The molecule has 2 saturated heterocycles. The van der Waals surface area contributed by atoms with Gasteiger partial charge in [-0.05, 0) is 114 Å². The number of piperidine rings is 1. The van der Waals surface area contributed by atoms with Gasteiger partial charge in [0.1, 0.15) is 66.0 Å². The number of likely N-dealkylation sites (N-methyl/N-ethyl adjacent to an activating group) is 6. The highest BCUT2D eigenvalue weighted by Crippen LogP contribution is 2.27. The fraction of sp³-hybridized carbons (Fsp3) is 0.731. The van der Waals surface area contributed by atoms with Gasteiger partial charge < -0.3 is 64.4 Å². The van der Waals surface area contributed by atoms with E-state index in [0.29, 0.717) is 43.3 Å². The molecule has 3 N–H and O–H groups in total. The average molecular weight is 1300 g/mol. The Morgan fingerprint density at radius 3 is 1.76 bits per heavy atom. The van der Waals surface area contributed by atoms with Crippen LogP contribution in [0.25, 0.3) is 0 Å². The molecule has 0 aliphatic carbocycles. The number of esters is 2. The lowest BCUT2D eigenvalue weighted by atomic mass is 9.92. The van der Waals surface area contributed by atoms with Crippen LogP contribution in [0.15, 0.2) is 24.3 Å². The summed E-state index contributed by atoms with van der Waals surface area (Å²) in [5, 5.41) is 8.38. The zero-order chi connectivity index (χ0) is 70.0. The van der Waals surface area contributed by atoms with Crippen molar-refractivity contribution < 1.29 is 71.7 Å². The summed E-state index contributed by atoms with van der Waals surface area (Å²) < 4.78 is 16.7. The second-order valence-corrected chi connectivity index (χ2v) is 27.2. The van der Waals surface area contributed by atoms with Crippen molar-refractivity contribution in [2.45, 2.75) is 221 Å². The van der Waals surface area contributed by atoms with E-state index in [0.717, 1.165) is 4.90 Å². The number of methoxy groups -OCH3 is 1. The lowest BCUT2D eigenvalue weighted by Gasteiger charge is -2.42. The van der Waals surface area contributed by atoms with Gasteiger partial charge in [-0.15, -0.1) is 0 Å². The molecule has 2 aliphatic rings. The lowest BCUT2D eigenvalue weighted by molar-refractivity contribution is -0.165. The molecule has 0 spiro atoms. The van der Waals surface area contributed by atoms with E-state index in [1.165, 1.54) is 73.8 Å². The van der Waals surface area contributed by atoms with E-state index in [1.807, 2.05) is 13.8 Å². The second-order valence-electron chi connectivity index (χ2n) is 27.2. The molecule has 25 heteroatoms. The molecule has 1 aromatic rings. The molecule has 0 bridgehead atoms. The van der Waals surface area contributed by atoms with Crippen LogP contribution in [0.1, 0.15) is 154 Å². The molecule has 1 unspecified atom stereocenters. The molecule has 0 aromatic heterocycles. The Labute approximate surface area is 546 Å². The number of rotatable bonds is 18. The summed E-state index contributed by atoms with van der Waals surface area (Å²) in [6.45, 7) is 23.3. The van der Waals surface area contributed by atoms with Crippen LogP contribution in [-0.2, 0) is 73.4 Å². The molecule has 0 radical (unpaired) electrons. The molecular formula is C67H110N10O15. The Morgan fingerprint density at radius 2 is 1.23 bits per heavy atom.